The molecule has 3 heteroatoms. The Kier molecular flexibility index (Phi) is 20.8. The van der Waals surface area contributed by atoms with Crippen LogP contribution in [0.5, 0.6) is 0 Å². The zero-order chi connectivity index (χ0) is 29.0. The minimum absolute atomic E-state index is 0. The summed E-state index contributed by atoms with van der Waals surface area (Å²) < 4.78 is 0. The largest absolute Gasteiger partial charge is 0.252 e. The van der Waals surface area contributed by atoms with Crippen LogP contribution in [0.3, 0.4) is 0 Å². The van der Waals surface area contributed by atoms with Crippen molar-refractivity contribution in [2.45, 2.75) is 157 Å². The average molecular weight is 604 g/mol. The van der Waals surface area contributed by atoms with Crippen molar-refractivity contribution in [1.29, 1.82) is 0 Å². The molecule has 0 unspecified atom stereocenters. The molecule has 0 radical (unpaired) electrons. The Labute approximate surface area is 264 Å². The fourth-order valence-electron chi connectivity index (χ4n) is 5.65. The van der Waals surface area contributed by atoms with E-state index in [4.69, 9.17) is 9.98 Å². The molecular formula is C38H60N2Ni. The van der Waals surface area contributed by atoms with E-state index < -0.39 is 0 Å². The molecule has 2 rings (SSSR count). The Hall–Kier alpha value is -1.73. The number of benzene rings is 2. The van der Waals surface area contributed by atoms with Crippen molar-refractivity contribution in [3.8, 4) is 0 Å². The van der Waals surface area contributed by atoms with Gasteiger partial charge in [-0.25, -0.2) is 0 Å². The van der Waals surface area contributed by atoms with Gasteiger partial charge in [0, 0.05) is 16.5 Å². The van der Waals surface area contributed by atoms with Crippen LogP contribution in [0.1, 0.15) is 154 Å². The second-order valence-corrected chi connectivity index (χ2v) is 11.6. The molecule has 2 aromatic carbocycles. The van der Waals surface area contributed by atoms with E-state index >= 15 is 0 Å². The first-order chi connectivity index (χ1) is 19.6. The molecule has 41 heavy (non-hydrogen) atoms. The van der Waals surface area contributed by atoms with Gasteiger partial charge >= 0.3 is 0 Å². The van der Waals surface area contributed by atoms with Crippen LogP contribution in [0, 0.1) is 0 Å². The summed E-state index contributed by atoms with van der Waals surface area (Å²) in [5.41, 5.74) is 10.6. The third-order valence-corrected chi connectivity index (χ3v) is 7.85. The Bertz CT molecular complexity index is 1040. The summed E-state index contributed by atoms with van der Waals surface area (Å²) in [4.78, 5) is 10.7. The minimum atomic E-state index is 0. The third kappa shape index (κ3) is 13.9. The molecule has 0 aliphatic rings. The predicted molar refractivity (Wildman–Crippen MR) is 181 cm³/mol. The van der Waals surface area contributed by atoms with Crippen molar-refractivity contribution in [2.75, 3.05) is 0 Å². The van der Waals surface area contributed by atoms with Crippen molar-refractivity contribution < 1.29 is 16.5 Å². The number of hydrogen-bond donors (Lipinski definition) is 0. The summed E-state index contributed by atoms with van der Waals surface area (Å²) in [6.45, 7) is 13.7. The molecule has 0 bridgehead atoms. The van der Waals surface area contributed by atoms with Crippen LogP contribution in [-0.4, -0.2) is 11.4 Å². The van der Waals surface area contributed by atoms with E-state index in [0.29, 0.717) is 0 Å². The molecule has 0 heterocycles. The Morgan fingerprint density at radius 3 is 1.27 bits per heavy atom. The molecule has 0 saturated carbocycles. The van der Waals surface area contributed by atoms with E-state index in [0.717, 1.165) is 56.3 Å². The van der Waals surface area contributed by atoms with Gasteiger partial charge in [0.1, 0.15) is 0 Å². The Morgan fingerprint density at radius 1 is 0.439 bits per heavy atom. The molecule has 0 aliphatic carbocycles. The Balaban J connectivity index is 0.00000840. The molecule has 2 nitrogen and oxygen atoms in total. The first-order valence-corrected chi connectivity index (χ1v) is 17.0. The monoisotopic (exact) mass is 602 g/mol. The molecule has 0 aliphatic heterocycles. The maximum Gasteiger partial charge on any atom is 0.0636 e. The third-order valence-electron chi connectivity index (χ3n) is 7.85. The van der Waals surface area contributed by atoms with Gasteiger partial charge in [-0.05, 0) is 97.9 Å². The molecular weight excluding hydrogens is 543 g/mol. The van der Waals surface area contributed by atoms with Crippen LogP contribution in [-0.2, 0) is 42.2 Å². The second kappa shape index (κ2) is 22.8. The van der Waals surface area contributed by atoms with E-state index in [-0.39, 0.29) is 16.5 Å². The summed E-state index contributed by atoms with van der Waals surface area (Å²) in [5.74, 6) is 0. The van der Waals surface area contributed by atoms with Gasteiger partial charge in [0.15, 0.2) is 0 Å². The predicted octanol–water partition coefficient (Wildman–Crippen LogP) is 12.3. The van der Waals surface area contributed by atoms with Crippen molar-refractivity contribution >= 4 is 22.8 Å². The molecule has 0 spiro atoms. The molecule has 232 valence electrons. The van der Waals surface area contributed by atoms with Gasteiger partial charge in [-0.3, -0.25) is 9.98 Å². The first-order valence-electron chi connectivity index (χ1n) is 17.0. The number of aliphatic imine (C=N–C) groups is 2. The van der Waals surface area contributed by atoms with Crippen molar-refractivity contribution in [2.24, 2.45) is 9.98 Å². The van der Waals surface area contributed by atoms with Gasteiger partial charge in [0.2, 0.25) is 0 Å². The fourth-order valence-corrected chi connectivity index (χ4v) is 5.65. The quantitative estimate of drug-likeness (QED) is 0.0770. The van der Waals surface area contributed by atoms with Gasteiger partial charge in [-0.2, -0.15) is 0 Å². The smallest absolute Gasteiger partial charge is 0.0636 e. The van der Waals surface area contributed by atoms with Crippen LogP contribution < -0.4 is 0 Å². The number of nitrogens with zero attached hydrogens (tertiary/aromatic N) is 2. The van der Waals surface area contributed by atoms with E-state index in [1.54, 1.807) is 0 Å². The second-order valence-electron chi connectivity index (χ2n) is 11.6. The summed E-state index contributed by atoms with van der Waals surface area (Å²) in [7, 11) is 0. The van der Waals surface area contributed by atoms with Crippen LogP contribution in [0.25, 0.3) is 0 Å². The van der Waals surface area contributed by atoms with Crippen molar-refractivity contribution in [1.82, 2.24) is 0 Å². The van der Waals surface area contributed by atoms with Gasteiger partial charge < -0.3 is 0 Å². The normalized spacial score (nSPS) is 12.0. The topological polar surface area (TPSA) is 24.7 Å². The average Bonchev–Trinajstić information content (AvgIpc) is 2.95. The molecule has 2 aromatic rings. The van der Waals surface area contributed by atoms with E-state index in [2.05, 4.69) is 77.9 Å². The maximum absolute atomic E-state index is 5.38. The summed E-state index contributed by atoms with van der Waals surface area (Å²) in [6, 6.07) is 13.9. The summed E-state index contributed by atoms with van der Waals surface area (Å²) in [5, 5.41) is 0. The maximum atomic E-state index is 5.38. The van der Waals surface area contributed by atoms with Gasteiger partial charge in [0.05, 0.1) is 22.8 Å². The van der Waals surface area contributed by atoms with Crippen LogP contribution >= 0.6 is 0 Å². The van der Waals surface area contributed by atoms with E-state index in [9.17, 15) is 0 Å². The van der Waals surface area contributed by atoms with Crippen LogP contribution in [0.2, 0.25) is 0 Å². The van der Waals surface area contributed by atoms with Crippen molar-refractivity contribution in [3.63, 3.8) is 0 Å². The van der Waals surface area contributed by atoms with Gasteiger partial charge in [-0.15, -0.1) is 0 Å². The van der Waals surface area contributed by atoms with Gasteiger partial charge in [-0.1, -0.05) is 118 Å². The van der Waals surface area contributed by atoms with Crippen LogP contribution in [0.15, 0.2) is 46.4 Å². The standard InChI is InChI=1S/C38H60N2.Ni/c1-7-13-15-16-17-18-24-38(40-36-28-26-32(20-10-4)34(30-36)22-12-6)37(23-14-8-2)39-35-27-25-31(19-9-3)33(29-35)21-11-5;/h25-30H,7-24H2,1-6H3;/b39-37+,40-38+;. The minimum Gasteiger partial charge on any atom is -0.252 e. The first kappa shape index (κ1) is 37.3. The molecule has 0 aromatic heterocycles. The zero-order valence-corrected chi connectivity index (χ0v) is 28.4. The fraction of sp³-hybridized carbons (Fsp3) is 0.632. The molecule has 0 atom stereocenters. The van der Waals surface area contributed by atoms with Crippen LogP contribution in [0.4, 0.5) is 11.4 Å². The summed E-state index contributed by atoms with van der Waals surface area (Å²) in [6.07, 6.45) is 21.4. The molecule has 0 fully saturated rings. The van der Waals surface area contributed by atoms with Gasteiger partial charge in [0.25, 0.3) is 0 Å². The number of hydrogen-bond acceptors (Lipinski definition) is 2. The number of rotatable bonds is 21. The summed E-state index contributed by atoms with van der Waals surface area (Å²) >= 11 is 0. The molecule has 0 N–H and O–H groups in total. The Morgan fingerprint density at radius 2 is 0.829 bits per heavy atom. The van der Waals surface area contributed by atoms with E-state index in [1.165, 1.54) is 104 Å². The number of unbranched alkanes of at least 4 members (excludes halogenated alkanes) is 6. The molecule has 0 saturated heterocycles. The zero-order valence-electron chi connectivity index (χ0n) is 27.4. The van der Waals surface area contributed by atoms with E-state index in [1.807, 2.05) is 0 Å². The van der Waals surface area contributed by atoms with Crippen molar-refractivity contribution in [3.05, 3.63) is 58.7 Å². The SMILES string of the molecule is CCCCCCCCC(=N\c1ccc(CCC)c(CCC)c1)/C(CCCC)=N/c1ccc(CCC)c(CCC)c1.[Ni]. The molecule has 0 amide bonds. The number of aryl methyl sites for hydroxylation is 4.